The van der Waals surface area contributed by atoms with E-state index < -0.39 is 109 Å². The highest BCUT2D eigenvalue weighted by Gasteiger charge is 2.37. The van der Waals surface area contributed by atoms with Crippen molar-refractivity contribution in [3.63, 3.8) is 0 Å². The molecule has 0 aromatic carbocycles. The lowest BCUT2D eigenvalue weighted by Gasteiger charge is -2.31. The first-order valence-electron chi connectivity index (χ1n) is 20.7. The molecule has 1 rings (SSSR count). The maximum atomic E-state index is 13.9. The average molecular weight is 844 g/mol. The Morgan fingerprint density at radius 2 is 1.22 bits per heavy atom. The number of carbonyl (C=O) groups is 7. The summed E-state index contributed by atoms with van der Waals surface area (Å²) in [5.41, 5.74) is 4.41. The molecule has 1 heterocycles. The number of aliphatic hydroxyl groups excluding tert-OH is 2. The predicted molar refractivity (Wildman–Crippen MR) is 218 cm³/mol. The van der Waals surface area contributed by atoms with Crippen LogP contribution in [0, 0.1) is 23.7 Å². The van der Waals surface area contributed by atoms with E-state index in [9.17, 15) is 48.9 Å². The second kappa shape index (κ2) is 25.7. The number of hydrogen-bond donors (Lipinski definition) is 10. The molecule has 0 radical (unpaired) electrons. The normalized spacial score (nSPS) is 26.0. The molecule has 340 valence electrons. The van der Waals surface area contributed by atoms with Crippen molar-refractivity contribution < 1.29 is 58.4 Å². The fourth-order valence-electron chi connectivity index (χ4n) is 6.17. The number of carboxylic acids is 1. The number of nitrogens with two attached hydrogens (primary N) is 1. The van der Waals surface area contributed by atoms with Crippen LogP contribution in [0.4, 0.5) is 0 Å². The van der Waals surface area contributed by atoms with Gasteiger partial charge in [0.2, 0.25) is 35.4 Å². The number of nitrogens with one attached hydrogen (secondary N) is 6. The van der Waals surface area contributed by atoms with Crippen LogP contribution in [0.2, 0.25) is 0 Å². The van der Waals surface area contributed by atoms with Gasteiger partial charge < -0.3 is 62.4 Å². The number of aliphatic hydroxyl groups is 2. The highest BCUT2D eigenvalue weighted by atomic mass is 16.5. The van der Waals surface area contributed by atoms with Gasteiger partial charge in [-0.15, -0.1) is 0 Å². The minimum Gasteiger partial charge on any atom is -0.480 e. The van der Waals surface area contributed by atoms with E-state index in [0.29, 0.717) is 6.42 Å². The SMILES string of the molecule is CC(C)C[C@H](NC(=O)[C@@H](N)CC(C)C)C(=O)N[C@H]1CCOCC(O)C(O)COCC[C@@H](C(=O)O)NC(=O)[C@@H](CC(C)C)NC(=O)[C@H](CC(C)C)NC(=O)C(C)(C)NC1=O. The van der Waals surface area contributed by atoms with Crippen LogP contribution in [0.15, 0.2) is 0 Å². The maximum absolute atomic E-state index is 13.9. The molecule has 0 aliphatic carbocycles. The van der Waals surface area contributed by atoms with Crippen molar-refractivity contribution in [2.45, 2.75) is 162 Å². The lowest BCUT2D eigenvalue weighted by atomic mass is 9.97. The molecule has 1 aliphatic rings. The van der Waals surface area contributed by atoms with Gasteiger partial charge in [0.05, 0.1) is 19.3 Å². The van der Waals surface area contributed by atoms with Crippen LogP contribution in [0.25, 0.3) is 0 Å². The third-order valence-electron chi connectivity index (χ3n) is 9.45. The summed E-state index contributed by atoms with van der Waals surface area (Å²) < 4.78 is 11.0. The second-order valence-corrected chi connectivity index (χ2v) is 17.7. The Hall–Kier alpha value is -3.91. The van der Waals surface area contributed by atoms with Crippen molar-refractivity contribution >= 4 is 41.4 Å². The zero-order chi connectivity index (χ0) is 45.2. The molecule has 2 unspecified atom stereocenters. The van der Waals surface area contributed by atoms with Gasteiger partial charge >= 0.3 is 5.97 Å². The standard InChI is InChI=1S/C40H73N7O12/c1-21(2)15-25(41)33(50)44-28(16-22(3)4)34(51)42-26-11-13-58-19-31(48)32(49)20-59-14-12-27(38(55)56)43-35(52)29(17-23(5)6)45-36(53)30(18-24(7)8)46-39(57)40(9,10)47-37(26)54/h21-32,48-49H,11-20,41H2,1-10H3,(H,42,51)(H,43,52)(H,44,50)(H,45,53)(H,46,57)(H,47,54)(H,55,56)/t25-,26-,27-,28-,29+,30-,31?,32?/m0/s1. The molecule has 11 N–H and O–H groups in total. The summed E-state index contributed by atoms with van der Waals surface area (Å²) in [7, 11) is 0. The maximum Gasteiger partial charge on any atom is 0.326 e. The predicted octanol–water partition coefficient (Wildman–Crippen LogP) is -0.550. The van der Waals surface area contributed by atoms with E-state index in [0.717, 1.165) is 0 Å². The summed E-state index contributed by atoms with van der Waals surface area (Å²) >= 11 is 0. The molecule has 19 nitrogen and oxygen atoms in total. The van der Waals surface area contributed by atoms with Gasteiger partial charge in [0.1, 0.15) is 48.0 Å². The average Bonchev–Trinajstić information content (AvgIpc) is 3.10. The quantitative estimate of drug-likeness (QED) is 0.112. The number of ether oxygens (including phenoxy) is 2. The number of carboxylic acid groups (broad SMARTS) is 1. The highest BCUT2D eigenvalue weighted by molar-refractivity contribution is 5.98. The van der Waals surface area contributed by atoms with Crippen LogP contribution in [-0.4, -0.2) is 137 Å². The number of carbonyl (C=O) groups excluding carboxylic acids is 6. The van der Waals surface area contributed by atoms with Crippen LogP contribution in [0.5, 0.6) is 0 Å². The fraction of sp³-hybridized carbons (Fsp3) is 0.825. The van der Waals surface area contributed by atoms with Gasteiger partial charge in [-0.3, -0.25) is 28.8 Å². The van der Waals surface area contributed by atoms with E-state index in [1.165, 1.54) is 13.8 Å². The highest BCUT2D eigenvalue weighted by Crippen LogP contribution is 2.14. The van der Waals surface area contributed by atoms with Gasteiger partial charge in [0, 0.05) is 19.6 Å². The van der Waals surface area contributed by atoms with Crippen molar-refractivity contribution in [3.05, 3.63) is 0 Å². The van der Waals surface area contributed by atoms with Crippen LogP contribution in [-0.2, 0) is 43.0 Å². The summed E-state index contributed by atoms with van der Waals surface area (Å²) in [6, 6.07) is -7.03. The number of amides is 6. The van der Waals surface area contributed by atoms with Crippen LogP contribution in [0.1, 0.15) is 108 Å². The summed E-state index contributed by atoms with van der Waals surface area (Å²) in [4.78, 5) is 93.8. The topological polar surface area (TPSA) is 297 Å². The Morgan fingerprint density at radius 1 is 0.729 bits per heavy atom. The van der Waals surface area contributed by atoms with E-state index in [1.807, 2.05) is 55.4 Å². The van der Waals surface area contributed by atoms with Crippen LogP contribution >= 0.6 is 0 Å². The van der Waals surface area contributed by atoms with Gasteiger partial charge in [-0.25, -0.2) is 4.79 Å². The minimum absolute atomic E-state index is 0.0504. The molecule has 8 atom stereocenters. The molecule has 0 saturated carbocycles. The van der Waals surface area contributed by atoms with Crippen molar-refractivity contribution in [1.82, 2.24) is 31.9 Å². The zero-order valence-corrected chi connectivity index (χ0v) is 36.6. The van der Waals surface area contributed by atoms with Gasteiger partial charge in [-0.05, 0) is 69.6 Å². The first-order valence-corrected chi connectivity index (χ1v) is 20.7. The third kappa shape index (κ3) is 20.3. The first-order chi connectivity index (χ1) is 27.3. The molecular formula is C40H73N7O12. The third-order valence-corrected chi connectivity index (χ3v) is 9.45. The number of aliphatic carboxylic acids is 1. The van der Waals surface area contributed by atoms with Crippen LogP contribution < -0.4 is 37.6 Å². The summed E-state index contributed by atoms with van der Waals surface area (Å²) in [5.74, 6) is -5.76. The Morgan fingerprint density at radius 3 is 1.71 bits per heavy atom. The number of hydrogen-bond acceptors (Lipinski definition) is 12. The fourth-order valence-corrected chi connectivity index (χ4v) is 6.17. The van der Waals surface area contributed by atoms with E-state index >= 15 is 0 Å². The molecule has 0 aromatic rings. The molecule has 1 fully saturated rings. The summed E-state index contributed by atoms with van der Waals surface area (Å²) in [5, 5.41) is 46.6. The monoisotopic (exact) mass is 844 g/mol. The Labute approximate surface area is 348 Å². The van der Waals surface area contributed by atoms with E-state index in [2.05, 4.69) is 31.9 Å². The summed E-state index contributed by atoms with van der Waals surface area (Å²) in [6.45, 7) is 16.4. The Bertz CT molecular complexity index is 1390. The van der Waals surface area contributed by atoms with Crippen molar-refractivity contribution in [2.24, 2.45) is 29.4 Å². The molecule has 0 aromatic heterocycles. The van der Waals surface area contributed by atoms with E-state index in [4.69, 9.17) is 15.2 Å². The van der Waals surface area contributed by atoms with Crippen LogP contribution in [0.3, 0.4) is 0 Å². The van der Waals surface area contributed by atoms with Gasteiger partial charge in [-0.1, -0.05) is 55.4 Å². The first kappa shape index (κ1) is 53.1. The molecule has 0 spiro atoms. The molecular weight excluding hydrogens is 770 g/mol. The molecule has 1 saturated heterocycles. The minimum atomic E-state index is -1.68. The molecule has 0 bridgehead atoms. The Balaban J connectivity index is 3.55. The molecule has 1 aliphatic heterocycles. The van der Waals surface area contributed by atoms with Gasteiger partial charge in [0.25, 0.3) is 0 Å². The lowest BCUT2D eigenvalue weighted by Crippen LogP contribution is -2.63. The second-order valence-electron chi connectivity index (χ2n) is 17.7. The summed E-state index contributed by atoms with van der Waals surface area (Å²) in [6.07, 6.45) is -2.42. The van der Waals surface area contributed by atoms with Gasteiger partial charge in [0.15, 0.2) is 0 Å². The lowest BCUT2D eigenvalue weighted by molar-refractivity contribution is -0.143. The molecule has 19 heteroatoms. The molecule has 59 heavy (non-hydrogen) atoms. The number of rotatable bonds is 13. The van der Waals surface area contributed by atoms with E-state index in [-0.39, 0.29) is 69.0 Å². The van der Waals surface area contributed by atoms with Crippen molar-refractivity contribution in [3.8, 4) is 0 Å². The van der Waals surface area contributed by atoms with Crippen molar-refractivity contribution in [1.29, 1.82) is 0 Å². The zero-order valence-electron chi connectivity index (χ0n) is 36.6. The molecule has 6 amide bonds. The van der Waals surface area contributed by atoms with Crippen molar-refractivity contribution in [2.75, 3.05) is 26.4 Å². The largest absolute Gasteiger partial charge is 0.480 e. The Kier molecular flexibility index (Phi) is 23.1. The van der Waals surface area contributed by atoms with E-state index in [1.54, 1.807) is 0 Å². The van der Waals surface area contributed by atoms with Gasteiger partial charge in [-0.2, -0.15) is 0 Å². The smallest absolute Gasteiger partial charge is 0.326 e.